The van der Waals surface area contributed by atoms with Crippen LogP contribution in [-0.4, -0.2) is 11.8 Å². The van der Waals surface area contributed by atoms with E-state index in [9.17, 15) is 0 Å². The van der Waals surface area contributed by atoms with Gasteiger partial charge in [-0.25, -0.2) is 0 Å². The summed E-state index contributed by atoms with van der Waals surface area (Å²) in [6.07, 6.45) is 6.86. The third-order valence-electron chi connectivity index (χ3n) is 3.78. The van der Waals surface area contributed by atoms with Crippen molar-refractivity contribution in [2.45, 2.75) is 50.0 Å². The van der Waals surface area contributed by atoms with E-state index in [1.807, 2.05) is 11.8 Å². The highest BCUT2D eigenvalue weighted by atomic mass is 32.2. The molecular weight excluding hydrogens is 226 g/mol. The number of thioether (sulfide) groups is 1. The molecule has 0 aromatic heterocycles. The van der Waals surface area contributed by atoms with E-state index in [1.54, 1.807) is 0 Å². The topological polar surface area (TPSA) is 26.0 Å². The Bertz CT molecular complexity index is 345. The van der Waals surface area contributed by atoms with Gasteiger partial charge in [0.25, 0.3) is 0 Å². The first-order chi connectivity index (χ1) is 8.27. The molecule has 1 aromatic rings. The minimum Gasteiger partial charge on any atom is -0.327 e. The lowest BCUT2D eigenvalue weighted by Crippen LogP contribution is -2.33. The van der Waals surface area contributed by atoms with Crippen LogP contribution in [0, 0.1) is 12.8 Å². The van der Waals surface area contributed by atoms with E-state index >= 15 is 0 Å². The summed E-state index contributed by atoms with van der Waals surface area (Å²) in [6, 6.07) is 8.96. The highest BCUT2D eigenvalue weighted by Crippen LogP contribution is 2.29. The molecule has 1 nitrogen and oxygen atoms in total. The second-order valence-corrected chi connectivity index (χ2v) is 6.20. The Morgan fingerprint density at radius 1 is 1.24 bits per heavy atom. The van der Waals surface area contributed by atoms with Crippen LogP contribution in [0.3, 0.4) is 0 Å². The van der Waals surface area contributed by atoms with Crippen molar-refractivity contribution in [1.82, 2.24) is 0 Å². The zero-order valence-corrected chi connectivity index (χ0v) is 11.5. The molecule has 2 rings (SSSR count). The summed E-state index contributed by atoms with van der Waals surface area (Å²) in [5.74, 6) is 1.83. The van der Waals surface area contributed by atoms with Crippen LogP contribution in [0.15, 0.2) is 29.2 Å². The Hall–Kier alpha value is -0.470. The minimum atomic E-state index is 0.375. The largest absolute Gasteiger partial charge is 0.327 e. The van der Waals surface area contributed by atoms with Crippen molar-refractivity contribution in [2.75, 3.05) is 5.75 Å². The summed E-state index contributed by atoms with van der Waals surface area (Å²) in [5.41, 5.74) is 7.69. The van der Waals surface area contributed by atoms with Crippen LogP contribution in [0.5, 0.6) is 0 Å². The molecule has 1 aliphatic carbocycles. The Morgan fingerprint density at radius 3 is 2.65 bits per heavy atom. The van der Waals surface area contributed by atoms with E-state index in [0.717, 1.165) is 11.7 Å². The second kappa shape index (κ2) is 6.46. The van der Waals surface area contributed by atoms with E-state index in [1.165, 1.54) is 42.6 Å². The molecule has 0 aliphatic heterocycles. The standard InChI is InChI=1S/C15H23NS/c1-12-7-5-6-10-15(12)17-11-14(16)13-8-3-2-4-9-13/h5-7,10,13-14H,2-4,8-9,11,16H2,1H3. The molecule has 2 N–H and O–H groups in total. The zero-order chi connectivity index (χ0) is 12.1. The summed E-state index contributed by atoms with van der Waals surface area (Å²) < 4.78 is 0. The van der Waals surface area contributed by atoms with Crippen molar-refractivity contribution in [2.24, 2.45) is 11.7 Å². The van der Waals surface area contributed by atoms with Crippen molar-refractivity contribution in [3.63, 3.8) is 0 Å². The van der Waals surface area contributed by atoms with Gasteiger partial charge in [-0.05, 0) is 37.3 Å². The van der Waals surface area contributed by atoms with Crippen LogP contribution in [0.25, 0.3) is 0 Å². The van der Waals surface area contributed by atoms with Crippen LogP contribution in [0.2, 0.25) is 0 Å². The molecule has 1 aromatic carbocycles. The van der Waals surface area contributed by atoms with Crippen LogP contribution in [-0.2, 0) is 0 Å². The quantitative estimate of drug-likeness (QED) is 0.816. The maximum atomic E-state index is 6.33. The number of hydrogen-bond acceptors (Lipinski definition) is 2. The van der Waals surface area contributed by atoms with Crippen LogP contribution < -0.4 is 5.73 Å². The van der Waals surface area contributed by atoms with Gasteiger partial charge in [-0.15, -0.1) is 11.8 Å². The van der Waals surface area contributed by atoms with Crippen LogP contribution in [0.4, 0.5) is 0 Å². The van der Waals surface area contributed by atoms with E-state index in [4.69, 9.17) is 5.73 Å². The maximum absolute atomic E-state index is 6.33. The number of benzene rings is 1. The fourth-order valence-corrected chi connectivity index (χ4v) is 3.72. The first-order valence-corrected chi connectivity index (χ1v) is 7.70. The fourth-order valence-electron chi connectivity index (χ4n) is 2.60. The molecule has 1 unspecified atom stereocenters. The summed E-state index contributed by atoms with van der Waals surface area (Å²) in [5, 5.41) is 0. The van der Waals surface area contributed by atoms with Gasteiger partial charge in [-0.1, -0.05) is 37.5 Å². The first-order valence-electron chi connectivity index (χ1n) is 6.71. The average molecular weight is 249 g/mol. The molecule has 0 radical (unpaired) electrons. The fraction of sp³-hybridized carbons (Fsp3) is 0.600. The van der Waals surface area contributed by atoms with Gasteiger partial charge in [-0.2, -0.15) is 0 Å². The van der Waals surface area contributed by atoms with Gasteiger partial charge in [0.05, 0.1) is 0 Å². The molecule has 0 amide bonds. The van der Waals surface area contributed by atoms with Crippen molar-refractivity contribution in [3.05, 3.63) is 29.8 Å². The molecule has 2 heteroatoms. The minimum absolute atomic E-state index is 0.375. The molecule has 1 atom stereocenters. The van der Waals surface area contributed by atoms with Gasteiger partial charge >= 0.3 is 0 Å². The van der Waals surface area contributed by atoms with Gasteiger partial charge in [0.1, 0.15) is 0 Å². The molecular formula is C15H23NS. The summed E-state index contributed by atoms with van der Waals surface area (Å²) in [7, 11) is 0. The Labute approximate surface area is 109 Å². The molecule has 0 heterocycles. The van der Waals surface area contributed by atoms with E-state index in [-0.39, 0.29) is 0 Å². The molecule has 0 saturated heterocycles. The normalized spacial score (nSPS) is 19.2. The van der Waals surface area contributed by atoms with E-state index in [0.29, 0.717) is 6.04 Å². The SMILES string of the molecule is Cc1ccccc1SCC(N)C1CCCCC1. The van der Waals surface area contributed by atoms with Gasteiger partial charge < -0.3 is 5.73 Å². The lowest BCUT2D eigenvalue weighted by molar-refractivity contribution is 0.319. The Balaban J connectivity index is 1.83. The average Bonchev–Trinajstić information content (AvgIpc) is 2.38. The third kappa shape index (κ3) is 3.75. The lowest BCUT2D eigenvalue weighted by atomic mass is 9.85. The summed E-state index contributed by atoms with van der Waals surface area (Å²) >= 11 is 1.92. The number of rotatable bonds is 4. The number of hydrogen-bond donors (Lipinski definition) is 1. The van der Waals surface area contributed by atoms with Gasteiger partial charge in [0, 0.05) is 16.7 Å². The summed E-state index contributed by atoms with van der Waals surface area (Å²) in [4.78, 5) is 1.39. The molecule has 0 bridgehead atoms. The molecule has 1 saturated carbocycles. The maximum Gasteiger partial charge on any atom is 0.0162 e. The van der Waals surface area contributed by atoms with Crippen molar-refractivity contribution < 1.29 is 0 Å². The Morgan fingerprint density at radius 2 is 1.94 bits per heavy atom. The van der Waals surface area contributed by atoms with Crippen molar-refractivity contribution >= 4 is 11.8 Å². The highest BCUT2D eigenvalue weighted by molar-refractivity contribution is 7.99. The van der Waals surface area contributed by atoms with Crippen molar-refractivity contribution in [1.29, 1.82) is 0 Å². The zero-order valence-electron chi connectivity index (χ0n) is 10.7. The first kappa shape index (κ1) is 13.0. The third-order valence-corrected chi connectivity index (χ3v) is 5.10. The van der Waals surface area contributed by atoms with Gasteiger partial charge in [0.15, 0.2) is 0 Å². The number of aryl methyl sites for hydroxylation is 1. The van der Waals surface area contributed by atoms with Gasteiger partial charge in [-0.3, -0.25) is 0 Å². The molecule has 17 heavy (non-hydrogen) atoms. The monoisotopic (exact) mass is 249 g/mol. The van der Waals surface area contributed by atoms with E-state index < -0.39 is 0 Å². The smallest absolute Gasteiger partial charge is 0.0162 e. The predicted octanol–water partition coefficient (Wildman–Crippen LogP) is 3.99. The Kier molecular flexibility index (Phi) is 4.93. The van der Waals surface area contributed by atoms with E-state index in [2.05, 4.69) is 31.2 Å². The second-order valence-electron chi connectivity index (χ2n) is 5.14. The van der Waals surface area contributed by atoms with Gasteiger partial charge in [0.2, 0.25) is 0 Å². The molecule has 0 spiro atoms. The highest BCUT2D eigenvalue weighted by Gasteiger charge is 2.20. The molecule has 94 valence electrons. The van der Waals surface area contributed by atoms with Crippen LogP contribution in [0.1, 0.15) is 37.7 Å². The molecule has 1 aliphatic rings. The van der Waals surface area contributed by atoms with Crippen LogP contribution >= 0.6 is 11.8 Å². The lowest BCUT2D eigenvalue weighted by Gasteiger charge is -2.27. The summed E-state index contributed by atoms with van der Waals surface area (Å²) in [6.45, 7) is 2.18. The molecule has 1 fully saturated rings. The predicted molar refractivity (Wildman–Crippen MR) is 76.5 cm³/mol. The van der Waals surface area contributed by atoms with Crippen molar-refractivity contribution in [3.8, 4) is 0 Å². The number of nitrogens with two attached hydrogens (primary N) is 1.